The lowest BCUT2D eigenvalue weighted by Gasteiger charge is -2.16. The molecule has 0 saturated carbocycles. The molecule has 0 bridgehead atoms. The SMILES string of the molecule is C=C/C=C\C=Cc1c2ccccc2c(-c2cccc3sc4c(-c5cccc6ccccc56)cccc4c23)c2ccccc12. The van der Waals surface area contributed by atoms with E-state index in [0.29, 0.717) is 0 Å². The molecule has 1 aromatic heterocycles. The molecule has 43 heavy (non-hydrogen) atoms. The summed E-state index contributed by atoms with van der Waals surface area (Å²) < 4.78 is 2.65. The van der Waals surface area contributed by atoms with E-state index in [1.54, 1.807) is 6.08 Å². The van der Waals surface area contributed by atoms with Gasteiger partial charge in [0.05, 0.1) is 0 Å². The lowest BCUT2D eigenvalue weighted by molar-refractivity contribution is 1.71. The summed E-state index contributed by atoms with van der Waals surface area (Å²) in [4.78, 5) is 0. The number of benzene rings is 7. The Balaban J connectivity index is 1.46. The fourth-order valence-electron chi connectivity index (χ4n) is 6.65. The summed E-state index contributed by atoms with van der Waals surface area (Å²) in [6, 6.07) is 46.7. The molecule has 0 aliphatic rings. The van der Waals surface area contributed by atoms with Crippen molar-refractivity contribution in [1.82, 2.24) is 0 Å². The molecule has 0 aliphatic heterocycles. The largest absolute Gasteiger partial charge is 0.135 e. The zero-order chi connectivity index (χ0) is 28.8. The van der Waals surface area contributed by atoms with Crippen LogP contribution in [-0.2, 0) is 0 Å². The van der Waals surface area contributed by atoms with Gasteiger partial charge in [-0.15, -0.1) is 11.3 Å². The van der Waals surface area contributed by atoms with Crippen LogP contribution in [0.15, 0.2) is 158 Å². The number of hydrogen-bond acceptors (Lipinski definition) is 1. The fraction of sp³-hybridized carbons (Fsp3) is 0. The highest BCUT2D eigenvalue weighted by Gasteiger charge is 2.19. The summed E-state index contributed by atoms with van der Waals surface area (Å²) in [6.07, 6.45) is 10.1. The molecular weight excluding hydrogens is 537 g/mol. The van der Waals surface area contributed by atoms with E-state index in [-0.39, 0.29) is 0 Å². The average Bonchev–Trinajstić information content (AvgIpc) is 3.45. The zero-order valence-electron chi connectivity index (χ0n) is 23.6. The van der Waals surface area contributed by atoms with Gasteiger partial charge in [0.1, 0.15) is 0 Å². The van der Waals surface area contributed by atoms with Gasteiger partial charge in [-0.1, -0.05) is 158 Å². The monoisotopic (exact) mass is 564 g/mol. The molecule has 0 atom stereocenters. The van der Waals surface area contributed by atoms with Crippen molar-refractivity contribution in [2.75, 3.05) is 0 Å². The summed E-state index contributed by atoms with van der Waals surface area (Å²) in [6.45, 7) is 3.81. The van der Waals surface area contributed by atoms with Crippen LogP contribution in [0.25, 0.3) is 80.8 Å². The van der Waals surface area contributed by atoms with E-state index in [2.05, 4.69) is 146 Å². The molecular formula is C42H28S. The van der Waals surface area contributed by atoms with Crippen LogP contribution in [-0.4, -0.2) is 0 Å². The van der Waals surface area contributed by atoms with Crippen molar-refractivity contribution in [3.05, 3.63) is 164 Å². The predicted molar refractivity (Wildman–Crippen MR) is 191 cm³/mol. The molecule has 0 unspecified atom stereocenters. The first-order valence-corrected chi connectivity index (χ1v) is 15.5. The van der Waals surface area contributed by atoms with Crippen molar-refractivity contribution in [1.29, 1.82) is 0 Å². The second kappa shape index (κ2) is 10.5. The summed E-state index contributed by atoms with van der Waals surface area (Å²) >= 11 is 1.90. The molecule has 1 heterocycles. The topological polar surface area (TPSA) is 0 Å². The van der Waals surface area contributed by atoms with Gasteiger partial charge in [0.15, 0.2) is 0 Å². The average molecular weight is 565 g/mol. The molecule has 0 aliphatic carbocycles. The third-order valence-corrected chi connectivity index (χ3v) is 9.67. The predicted octanol–water partition coefficient (Wildman–Crippen LogP) is 12.6. The molecule has 7 aromatic carbocycles. The molecule has 8 rings (SSSR count). The maximum Gasteiger partial charge on any atom is 0.0434 e. The molecule has 0 nitrogen and oxygen atoms in total. The Labute approximate surface area is 255 Å². The summed E-state index contributed by atoms with van der Waals surface area (Å²) in [5.41, 5.74) is 6.40. The van der Waals surface area contributed by atoms with E-state index < -0.39 is 0 Å². The normalized spacial score (nSPS) is 12.1. The molecule has 1 heteroatoms. The summed E-state index contributed by atoms with van der Waals surface area (Å²) in [7, 11) is 0. The van der Waals surface area contributed by atoms with Crippen molar-refractivity contribution < 1.29 is 0 Å². The second-order valence-corrected chi connectivity index (χ2v) is 11.9. The number of thiophene rings is 1. The first-order chi connectivity index (χ1) is 21.3. The number of hydrogen-bond donors (Lipinski definition) is 0. The van der Waals surface area contributed by atoms with E-state index in [9.17, 15) is 0 Å². The molecule has 0 spiro atoms. The Kier molecular flexibility index (Phi) is 6.25. The minimum atomic E-state index is 1.24. The number of allylic oxidation sites excluding steroid dienone is 4. The van der Waals surface area contributed by atoms with E-state index >= 15 is 0 Å². The van der Waals surface area contributed by atoms with E-state index in [1.807, 2.05) is 23.5 Å². The van der Waals surface area contributed by atoms with Gasteiger partial charge in [-0.25, -0.2) is 0 Å². The second-order valence-electron chi connectivity index (χ2n) is 10.8. The van der Waals surface area contributed by atoms with Gasteiger partial charge in [-0.2, -0.15) is 0 Å². The fourth-order valence-corrected chi connectivity index (χ4v) is 7.91. The van der Waals surface area contributed by atoms with Gasteiger partial charge in [-0.3, -0.25) is 0 Å². The van der Waals surface area contributed by atoms with Crippen LogP contribution in [0.2, 0.25) is 0 Å². The molecule has 0 radical (unpaired) electrons. The van der Waals surface area contributed by atoms with E-state index in [1.165, 1.54) is 80.3 Å². The Bertz CT molecular complexity index is 2350. The van der Waals surface area contributed by atoms with Crippen LogP contribution >= 0.6 is 11.3 Å². The highest BCUT2D eigenvalue weighted by atomic mass is 32.1. The Morgan fingerprint density at radius 2 is 1.05 bits per heavy atom. The van der Waals surface area contributed by atoms with Crippen LogP contribution in [0, 0.1) is 0 Å². The highest BCUT2D eigenvalue weighted by molar-refractivity contribution is 7.26. The minimum absolute atomic E-state index is 1.24. The maximum absolute atomic E-state index is 3.81. The van der Waals surface area contributed by atoms with Crippen LogP contribution in [0.1, 0.15) is 5.56 Å². The maximum atomic E-state index is 3.81. The van der Waals surface area contributed by atoms with Crippen molar-refractivity contribution in [2.24, 2.45) is 0 Å². The Hall–Kier alpha value is -5.24. The molecule has 0 saturated heterocycles. The number of fused-ring (bicyclic) bond motifs is 6. The molecule has 0 amide bonds. The summed E-state index contributed by atoms with van der Waals surface area (Å²) in [5, 5.41) is 10.3. The standard InChI is InChI=1S/C42H28S/c1-2-3-4-5-18-31-32-19-8-10-21-34(32)40(35-22-11-9-20-33(31)35)37-25-14-27-39-41(37)38-26-13-24-36(42(38)43-39)30-23-12-16-28-15-6-7-17-29(28)30/h2-27H,1H2/b4-3-,18-5?. The van der Waals surface area contributed by atoms with E-state index in [4.69, 9.17) is 0 Å². The smallest absolute Gasteiger partial charge is 0.0434 e. The molecule has 8 aromatic rings. The van der Waals surface area contributed by atoms with Crippen molar-refractivity contribution in [2.45, 2.75) is 0 Å². The quantitative estimate of drug-likeness (QED) is 0.144. The van der Waals surface area contributed by atoms with Gasteiger partial charge in [0, 0.05) is 25.7 Å². The van der Waals surface area contributed by atoms with Gasteiger partial charge >= 0.3 is 0 Å². The highest BCUT2D eigenvalue weighted by Crippen LogP contribution is 2.48. The lowest BCUT2D eigenvalue weighted by atomic mass is 9.86. The van der Waals surface area contributed by atoms with Crippen LogP contribution < -0.4 is 0 Å². The van der Waals surface area contributed by atoms with Crippen LogP contribution in [0.5, 0.6) is 0 Å². The third-order valence-electron chi connectivity index (χ3n) is 8.47. The van der Waals surface area contributed by atoms with Gasteiger partial charge in [-0.05, 0) is 60.6 Å². The van der Waals surface area contributed by atoms with Crippen LogP contribution in [0.3, 0.4) is 0 Å². The minimum Gasteiger partial charge on any atom is -0.135 e. The Morgan fingerprint density at radius 1 is 0.465 bits per heavy atom. The summed E-state index contributed by atoms with van der Waals surface area (Å²) in [5.74, 6) is 0. The molecule has 0 N–H and O–H groups in total. The van der Waals surface area contributed by atoms with Crippen molar-refractivity contribution in [3.8, 4) is 22.3 Å². The zero-order valence-corrected chi connectivity index (χ0v) is 24.4. The Morgan fingerprint density at radius 3 is 1.81 bits per heavy atom. The van der Waals surface area contributed by atoms with Crippen molar-refractivity contribution >= 4 is 69.9 Å². The van der Waals surface area contributed by atoms with Gasteiger partial charge in [0.2, 0.25) is 0 Å². The first-order valence-electron chi connectivity index (χ1n) is 14.7. The van der Waals surface area contributed by atoms with Gasteiger partial charge in [0.25, 0.3) is 0 Å². The van der Waals surface area contributed by atoms with E-state index in [0.717, 1.165) is 0 Å². The molecule has 0 fully saturated rings. The lowest BCUT2D eigenvalue weighted by Crippen LogP contribution is -1.90. The first kappa shape index (κ1) is 25.5. The third kappa shape index (κ3) is 4.13. The van der Waals surface area contributed by atoms with Crippen LogP contribution in [0.4, 0.5) is 0 Å². The van der Waals surface area contributed by atoms with Gasteiger partial charge < -0.3 is 0 Å². The van der Waals surface area contributed by atoms with Crippen molar-refractivity contribution in [3.63, 3.8) is 0 Å². The molecule has 202 valence electrons. The number of rotatable bonds is 5.